The van der Waals surface area contributed by atoms with Crippen molar-refractivity contribution in [1.82, 2.24) is 0 Å². The van der Waals surface area contributed by atoms with Crippen molar-refractivity contribution in [3.8, 4) is 0 Å². The molecule has 0 bridgehead atoms. The zero-order valence-corrected chi connectivity index (χ0v) is 8.60. The number of nitrogens with two attached hydrogens (primary N) is 3. The van der Waals surface area contributed by atoms with Crippen LogP contribution in [0.5, 0.6) is 0 Å². The van der Waals surface area contributed by atoms with Crippen LogP contribution in [0.1, 0.15) is 0 Å². The molecule has 12 N–H and O–H groups in total. The van der Waals surface area contributed by atoms with Crippen molar-refractivity contribution in [1.29, 1.82) is 0 Å². The van der Waals surface area contributed by atoms with E-state index in [9.17, 15) is 4.79 Å². The molecule has 0 heterocycles. The summed E-state index contributed by atoms with van der Waals surface area (Å²) < 4.78 is 8.88. The Bertz CT molecular complexity index is 248. The molecule has 16 heavy (non-hydrogen) atoms. The molecule has 12 nitrogen and oxygen atoms in total. The number of carbonyl (C=O) groups excluding carboxylic acids is 1. The standard InChI is InChI=1S/C2H6N4O.BH3O3.H3O4P/c3-1(4)6-2(5)7;2-1(3)4;1-5(2,3)4/h(H6,3,4,5,6,7);2-4H;(H3,1,2,3,4). The minimum atomic E-state index is -4.64. The summed E-state index contributed by atoms with van der Waals surface area (Å²) in [6.45, 7) is 0. The molecule has 96 valence electrons. The van der Waals surface area contributed by atoms with Crippen LogP contribution in [-0.2, 0) is 4.57 Å². The summed E-state index contributed by atoms with van der Waals surface area (Å²) in [4.78, 5) is 34.1. The second-order valence-electron chi connectivity index (χ2n) is 1.73. The van der Waals surface area contributed by atoms with Gasteiger partial charge in [-0.25, -0.2) is 9.36 Å². The zero-order chi connectivity index (χ0) is 13.9. The van der Waals surface area contributed by atoms with E-state index in [1.165, 1.54) is 0 Å². The number of carbonyl (C=O) groups is 1. The third-order valence-electron chi connectivity index (χ3n) is 0.239. The molecule has 0 saturated carbocycles. The summed E-state index contributed by atoms with van der Waals surface area (Å²) in [5, 5.41) is 21.5. The minimum absolute atomic E-state index is 0.312. The molecule has 0 aliphatic heterocycles. The molecule has 14 heteroatoms. The fourth-order valence-corrected chi connectivity index (χ4v) is 0.127. The molecular formula is C2H12BN4O8P. The molecule has 0 fully saturated rings. The summed E-state index contributed by atoms with van der Waals surface area (Å²) >= 11 is 0. The number of aliphatic imine (C=N–C) groups is 1. The summed E-state index contributed by atoms with van der Waals surface area (Å²) in [5.74, 6) is -0.312. The van der Waals surface area contributed by atoms with Crippen molar-refractivity contribution in [3.05, 3.63) is 0 Å². The largest absolute Gasteiger partial charge is 0.631 e. The van der Waals surface area contributed by atoms with Gasteiger partial charge in [-0.05, 0) is 0 Å². The summed E-state index contributed by atoms with van der Waals surface area (Å²) in [5.41, 5.74) is 13.9. The number of phosphoric acid groups is 1. The predicted octanol–water partition coefficient (Wildman–Crippen LogP) is -4.64. The quantitative estimate of drug-likeness (QED) is 0.0872. The first-order valence-electron chi connectivity index (χ1n) is 3.07. The molecule has 0 rings (SSSR count). The van der Waals surface area contributed by atoms with Crippen molar-refractivity contribution >= 4 is 27.1 Å². The van der Waals surface area contributed by atoms with E-state index in [1.54, 1.807) is 0 Å². The fourth-order valence-electron chi connectivity index (χ4n) is 0.127. The van der Waals surface area contributed by atoms with E-state index in [0.717, 1.165) is 0 Å². The van der Waals surface area contributed by atoms with E-state index in [0.29, 0.717) is 0 Å². The van der Waals surface area contributed by atoms with Crippen molar-refractivity contribution in [2.24, 2.45) is 22.2 Å². The van der Waals surface area contributed by atoms with Crippen LogP contribution in [0.3, 0.4) is 0 Å². The Balaban J connectivity index is -0.000000166. The van der Waals surface area contributed by atoms with Crippen molar-refractivity contribution in [3.63, 3.8) is 0 Å². The SMILES string of the molecule is NC(=O)N=C(N)N.O=P(O)(O)O.OB(O)O. The van der Waals surface area contributed by atoms with Gasteiger partial charge < -0.3 is 47.0 Å². The molecule has 0 atom stereocenters. The minimum Gasteiger partial charge on any atom is -0.402 e. The lowest BCUT2D eigenvalue weighted by atomic mass is 10.3. The topological polar surface area (TPSA) is 246 Å². The molecule has 0 spiro atoms. The maximum absolute atomic E-state index is 9.68. The van der Waals surface area contributed by atoms with Gasteiger partial charge in [-0.3, -0.25) is 0 Å². The van der Waals surface area contributed by atoms with E-state index in [4.69, 9.17) is 45.8 Å². The molecule has 0 saturated heterocycles. The van der Waals surface area contributed by atoms with Crippen LogP contribution in [-0.4, -0.2) is 49.1 Å². The van der Waals surface area contributed by atoms with Crippen LogP contribution in [0.2, 0.25) is 0 Å². The molecule has 0 aliphatic carbocycles. The number of rotatable bonds is 0. The monoisotopic (exact) mass is 262 g/mol. The molecule has 0 aromatic rings. The number of hydrogen-bond acceptors (Lipinski definition) is 5. The van der Waals surface area contributed by atoms with E-state index >= 15 is 0 Å². The average Bonchev–Trinajstić information content (AvgIpc) is 1.74. The van der Waals surface area contributed by atoms with Gasteiger partial charge in [-0.1, -0.05) is 0 Å². The lowest BCUT2D eigenvalue weighted by Gasteiger charge is -1.82. The Kier molecular flexibility index (Phi) is 13.1. The van der Waals surface area contributed by atoms with Crippen LogP contribution < -0.4 is 17.2 Å². The van der Waals surface area contributed by atoms with Gasteiger partial charge in [0.1, 0.15) is 0 Å². The van der Waals surface area contributed by atoms with Gasteiger partial charge in [0.15, 0.2) is 5.96 Å². The highest BCUT2D eigenvalue weighted by Gasteiger charge is 2.00. The van der Waals surface area contributed by atoms with Crippen LogP contribution in [0, 0.1) is 0 Å². The van der Waals surface area contributed by atoms with Gasteiger partial charge in [0, 0.05) is 0 Å². The Morgan fingerprint density at radius 1 is 1.06 bits per heavy atom. The van der Waals surface area contributed by atoms with Crippen molar-refractivity contribution < 1.29 is 39.1 Å². The van der Waals surface area contributed by atoms with Crippen LogP contribution in [0.4, 0.5) is 4.79 Å². The first kappa shape index (κ1) is 20.2. The van der Waals surface area contributed by atoms with E-state index in [1.807, 2.05) is 0 Å². The number of hydrogen-bond donors (Lipinski definition) is 9. The van der Waals surface area contributed by atoms with Gasteiger partial charge >= 0.3 is 21.2 Å². The summed E-state index contributed by atoms with van der Waals surface area (Å²) in [6.07, 6.45) is 0. The number of nitrogens with zero attached hydrogens (tertiary/aromatic N) is 1. The highest BCUT2D eigenvalue weighted by atomic mass is 31.2. The van der Waals surface area contributed by atoms with Gasteiger partial charge in [0.25, 0.3) is 0 Å². The highest BCUT2D eigenvalue weighted by molar-refractivity contribution is 7.45. The van der Waals surface area contributed by atoms with Crippen LogP contribution in [0.25, 0.3) is 0 Å². The van der Waals surface area contributed by atoms with Gasteiger partial charge in [0.05, 0.1) is 0 Å². The maximum atomic E-state index is 9.68. The molecule has 0 aromatic heterocycles. The Morgan fingerprint density at radius 3 is 1.25 bits per heavy atom. The lowest BCUT2D eigenvalue weighted by molar-refractivity contribution is 0.256. The third kappa shape index (κ3) is 228. The molecular weight excluding hydrogens is 250 g/mol. The second-order valence-corrected chi connectivity index (χ2v) is 2.76. The molecule has 2 amide bonds. The number of urea groups is 1. The van der Waals surface area contributed by atoms with Crippen molar-refractivity contribution in [2.75, 3.05) is 0 Å². The Hall–Kier alpha value is -1.21. The second kappa shape index (κ2) is 10.3. The maximum Gasteiger partial charge on any atom is 0.631 e. The van der Waals surface area contributed by atoms with Crippen LogP contribution in [0.15, 0.2) is 4.99 Å². The molecule has 0 aliphatic rings. The summed E-state index contributed by atoms with van der Waals surface area (Å²) in [7, 11) is -6.81. The van der Waals surface area contributed by atoms with Crippen LogP contribution >= 0.6 is 7.82 Å². The van der Waals surface area contributed by atoms with Gasteiger partial charge in [-0.2, -0.15) is 4.99 Å². The third-order valence-corrected chi connectivity index (χ3v) is 0.239. The highest BCUT2D eigenvalue weighted by Crippen LogP contribution is 2.25. The normalized spacial score (nSPS) is 8.62. The zero-order valence-electron chi connectivity index (χ0n) is 7.70. The molecule has 0 aromatic carbocycles. The Morgan fingerprint density at radius 2 is 1.25 bits per heavy atom. The number of primary amides is 1. The smallest absolute Gasteiger partial charge is 0.402 e. The van der Waals surface area contributed by atoms with E-state index < -0.39 is 21.2 Å². The summed E-state index contributed by atoms with van der Waals surface area (Å²) in [6, 6.07) is -0.875. The van der Waals surface area contributed by atoms with Gasteiger partial charge in [-0.15, -0.1) is 0 Å². The lowest BCUT2D eigenvalue weighted by Crippen LogP contribution is -2.25. The predicted molar refractivity (Wildman–Crippen MR) is 52.1 cm³/mol. The molecule has 0 unspecified atom stereocenters. The average molecular weight is 262 g/mol. The van der Waals surface area contributed by atoms with Crippen molar-refractivity contribution in [2.45, 2.75) is 0 Å². The van der Waals surface area contributed by atoms with E-state index in [2.05, 4.69) is 10.7 Å². The first-order valence-corrected chi connectivity index (χ1v) is 4.64. The number of guanidine groups is 1. The first-order chi connectivity index (χ1) is 6.86. The molecule has 0 radical (unpaired) electrons. The van der Waals surface area contributed by atoms with E-state index in [-0.39, 0.29) is 5.96 Å². The fraction of sp³-hybridized carbons (Fsp3) is 0. The Labute approximate surface area is 89.4 Å². The number of amides is 2. The van der Waals surface area contributed by atoms with Gasteiger partial charge in [0.2, 0.25) is 0 Å².